The fourth-order valence-electron chi connectivity index (χ4n) is 2.94. The van der Waals surface area contributed by atoms with Crippen molar-refractivity contribution in [1.29, 1.82) is 0 Å². The lowest BCUT2D eigenvalue weighted by atomic mass is 9.95. The van der Waals surface area contributed by atoms with Crippen LogP contribution in [0.1, 0.15) is 31.2 Å². The summed E-state index contributed by atoms with van der Waals surface area (Å²) in [7, 11) is 4.16. The summed E-state index contributed by atoms with van der Waals surface area (Å²) in [6.07, 6.45) is 3.60. The highest BCUT2D eigenvalue weighted by molar-refractivity contribution is 5.77. The number of aryl methyl sites for hydroxylation is 2. The first-order valence-corrected chi connectivity index (χ1v) is 6.80. The Morgan fingerprint density at radius 3 is 2.78 bits per heavy atom. The predicted molar refractivity (Wildman–Crippen MR) is 74.9 cm³/mol. The third kappa shape index (κ3) is 1.65. The Bertz CT molecular complexity index is 579. The Morgan fingerprint density at radius 2 is 2.17 bits per heavy atom. The summed E-state index contributed by atoms with van der Waals surface area (Å²) in [6.45, 7) is 3.24. The van der Waals surface area contributed by atoms with E-state index < -0.39 is 0 Å². The number of fused-ring (bicyclic) bond motifs is 1. The molecule has 1 N–H and O–H groups in total. The van der Waals surface area contributed by atoms with Gasteiger partial charge in [-0.15, -0.1) is 0 Å². The maximum Gasteiger partial charge on any atom is 0.109 e. The van der Waals surface area contributed by atoms with Crippen LogP contribution in [-0.2, 0) is 18.9 Å². The third-order valence-corrected chi connectivity index (χ3v) is 4.27. The Labute approximate surface area is 108 Å². The third-order valence-electron chi connectivity index (χ3n) is 4.27. The zero-order valence-electron chi connectivity index (χ0n) is 11.5. The van der Waals surface area contributed by atoms with E-state index in [9.17, 15) is 0 Å². The molecule has 1 heterocycles. The predicted octanol–water partition coefficient (Wildman–Crippen LogP) is 2.39. The lowest BCUT2D eigenvalue weighted by Gasteiger charge is -2.15. The second kappa shape index (κ2) is 4.09. The van der Waals surface area contributed by atoms with Crippen molar-refractivity contribution in [3.05, 3.63) is 29.6 Å². The number of rotatable bonds is 4. The van der Waals surface area contributed by atoms with Crippen LogP contribution in [0.2, 0.25) is 0 Å². The molecule has 3 rings (SSSR count). The Balaban J connectivity index is 2.08. The minimum atomic E-state index is 0.388. The molecule has 1 aliphatic carbocycles. The van der Waals surface area contributed by atoms with Crippen molar-refractivity contribution in [2.24, 2.45) is 7.05 Å². The number of nitrogens with one attached hydrogen (secondary N) is 1. The van der Waals surface area contributed by atoms with Gasteiger partial charge in [0.15, 0.2) is 0 Å². The van der Waals surface area contributed by atoms with Gasteiger partial charge in [-0.05, 0) is 37.6 Å². The van der Waals surface area contributed by atoms with E-state index in [1.165, 1.54) is 29.7 Å². The lowest BCUT2D eigenvalue weighted by Crippen LogP contribution is -2.23. The van der Waals surface area contributed by atoms with Gasteiger partial charge in [-0.1, -0.05) is 13.0 Å². The molecule has 0 aliphatic heterocycles. The topological polar surface area (TPSA) is 29.9 Å². The quantitative estimate of drug-likeness (QED) is 0.893. The van der Waals surface area contributed by atoms with E-state index >= 15 is 0 Å². The van der Waals surface area contributed by atoms with Crippen LogP contribution in [-0.4, -0.2) is 23.1 Å². The van der Waals surface area contributed by atoms with Crippen molar-refractivity contribution in [2.45, 2.75) is 31.6 Å². The summed E-state index contributed by atoms with van der Waals surface area (Å²) >= 11 is 0. The molecule has 0 bridgehead atoms. The number of nitrogens with zero attached hydrogens (tertiary/aromatic N) is 2. The van der Waals surface area contributed by atoms with Gasteiger partial charge in [-0.3, -0.25) is 0 Å². The molecule has 1 saturated carbocycles. The lowest BCUT2D eigenvalue weighted by molar-refractivity contribution is 0.624. The van der Waals surface area contributed by atoms with Crippen LogP contribution in [0.15, 0.2) is 18.2 Å². The summed E-state index contributed by atoms with van der Waals surface area (Å²) in [4.78, 5) is 4.67. The van der Waals surface area contributed by atoms with Gasteiger partial charge in [0.05, 0.1) is 11.0 Å². The summed E-state index contributed by atoms with van der Waals surface area (Å²) in [5.41, 5.74) is 4.25. The number of aromatic nitrogens is 2. The highest BCUT2D eigenvalue weighted by Gasteiger charge is 2.43. The van der Waals surface area contributed by atoms with Gasteiger partial charge < -0.3 is 9.88 Å². The van der Waals surface area contributed by atoms with E-state index in [0.717, 1.165) is 18.5 Å². The van der Waals surface area contributed by atoms with Crippen LogP contribution in [0.4, 0.5) is 0 Å². The smallest absolute Gasteiger partial charge is 0.109 e. The molecule has 0 unspecified atom stereocenters. The minimum Gasteiger partial charge on any atom is -0.331 e. The SMILES string of the molecule is CCc1nc2ccc(C3(CNC)CC3)cc2n1C. The maximum absolute atomic E-state index is 4.67. The molecule has 96 valence electrons. The first-order chi connectivity index (χ1) is 8.70. The van der Waals surface area contributed by atoms with Crippen molar-refractivity contribution in [3.63, 3.8) is 0 Å². The number of hydrogen-bond donors (Lipinski definition) is 1. The summed E-state index contributed by atoms with van der Waals surface area (Å²) in [6, 6.07) is 6.78. The molecule has 0 saturated heterocycles. The molecule has 0 atom stereocenters. The standard InChI is InChI=1S/C15H21N3/c1-4-14-17-12-6-5-11(9-13(12)18(14)3)15(7-8-15)10-16-2/h5-6,9,16H,4,7-8,10H2,1-3H3. The van der Waals surface area contributed by atoms with Gasteiger partial charge >= 0.3 is 0 Å². The largest absolute Gasteiger partial charge is 0.331 e. The summed E-state index contributed by atoms with van der Waals surface area (Å²) in [5, 5.41) is 3.33. The molecule has 3 heteroatoms. The van der Waals surface area contributed by atoms with Crippen molar-refractivity contribution in [1.82, 2.24) is 14.9 Å². The average molecular weight is 243 g/mol. The van der Waals surface area contributed by atoms with E-state index in [1.807, 2.05) is 7.05 Å². The zero-order chi connectivity index (χ0) is 12.8. The fraction of sp³-hybridized carbons (Fsp3) is 0.533. The number of benzene rings is 1. The molecule has 1 aromatic carbocycles. The highest BCUT2D eigenvalue weighted by Crippen LogP contribution is 2.48. The molecule has 0 amide bonds. The van der Waals surface area contributed by atoms with Crippen LogP contribution in [0.25, 0.3) is 11.0 Å². The van der Waals surface area contributed by atoms with Crippen molar-refractivity contribution < 1.29 is 0 Å². The molecule has 0 spiro atoms. The Kier molecular flexibility index (Phi) is 2.67. The average Bonchev–Trinajstić information content (AvgIpc) is 3.09. The first kappa shape index (κ1) is 11.7. The molecule has 0 radical (unpaired) electrons. The van der Waals surface area contributed by atoms with Crippen molar-refractivity contribution in [3.8, 4) is 0 Å². The highest BCUT2D eigenvalue weighted by atomic mass is 15.1. The van der Waals surface area contributed by atoms with Gasteiger partial charge in [-0.25, -0.2) is 4.98 Å². The second-order valence-corrected chi connectivity index (χ2v) is 5.45. The molecule has 2 aromatic rings. The molecule has 1 aliphatic rings. The summed E-state index contributed by atoms with van der Waals surface area (Å²) < 4.78 is 2.23. The normalized spacial score (nSPS) is 17.3. The van der Waals surface area contributed by atoms with Crippen LogP contribution < -0.4 is 5.32 Å². The van der Waals surface area contributed by atoms with E-state index in [-0.39, 0.29) is 0 Å². The van der Waals surface area contributed by atoms with Crippen LogP contribution in [0, 0.1) is 0 Å². The maximum atomic E-state index is 4.67. The van der Waals surface area contributed by atoms with Crippen molar-refractivity contribution >= 4 is 11.0 Å². The molecule has 3 nitrogen and oxygen atoms in total. The van der Waals surface area contributed by atoms with Crippen LogP contribution in [0.3, 0.4) is 0 Å². The van der Waals surface area contributed by atoms with Crippen molar-refractivity contribution in [2.75, 3.05) is 13.6 Å². The number of likely N-dealkylation sites (N-methyl/N-ethyl adjacent to an activating group) is 1. The van der Waals surface area contributed by atoms with Crippen LogP contribution >= 0.6 is 0 Å². The van der Waals surface area contributed by atoms with Gasteiger partial charge in [0.1, 0.15) is 5.82 Å². The van der Waals surface area contributed by atoms with E-state index in [4.69, 9.17) is 0 Å². The molecular weight excluding hydrogens is 222 g/mol. The first-order valence-electron chi connectivity index (χ1n) is 6.80. The van der Waals surface area contributed by atoms with E-state index in [0.29, 0.717) is 5.41 Å². The van der Waals surface area contributed by atoms with E-state index in [1.54, 1.807) is 0 Å². The van der Waals surface area contributed by atoms with Gasteiger partial charge in [0.2, 0.25) is 0 Å². The van der Waals surface area contributed by atoms with Gasteiger partial charge in [0.25, 0.3) is 0 Å². The van der Waals surface area contributed by atoms with Gasteiger partial charge in [-0.2, -0.15) is 0 Å². The molecule has 1 fully saturated rings. The monoisotopic (exact) mass is 243 g/mol. The molecule has 1 aromatic heterocycles. The fourth-order valence-corrected chi connectivity index (χ4v) is 2.94. The second-order valence-electron chi connectivity index (χ2n) is 5.45. The molecular formula is C15H21N3. The molecule has 18 heavy (non-hydrogen) atoms. The number of hydrogen-bond acceptors (Lipinski definition) is 2. The Morgan fingerprint density at radius 1 is 1.39 bits per heavy atom. The van der Waals surface area contributed by atoms with Gasteiger partial charge in [0, 0.05) is 25.4 Å². The van der Waals surface area contributed by atoms with E-state index in [2.05, 4.69) is 47.0 Å². The minimum absolute atomic E-state index is 0.388. The van der Waals surface area contributed by atoms with Crippen LogP contribution in [0.5, 0.6) is 0 Å². The number of imidazole rings is 1. The Hall–Kier alpha value is -1.35. The zero-order valence-corrected chi connectivity index (χ0v) is 11.5. The summed E-state index contributed by atoms with van der Waals surface area (Å²) in [5.74, 6) is 1.17.